The molecule has 68 valence electrons. The Labute approximate surface area is 72.9 Å². The minimum absolute atomic E-state index is 0.197. The molecule has 2 saturated heterocycles. The van der Waals surface area contributed by atoms with Crippen molar-refractivity contribution in [1.29, 1.82) is 0 Å². The van der Waals surface area contributed by atoms with Crippen molar-refractivity contribution in [2.24, 2.45) is 0 Å². The molecule has 0 spiro atoms. The summed E-state index contributed by atoms with van der Waals surface area (Å²) in [6, 6.07) is 0.536. The van der Waals surface area contributed by atoms with E-state index in [-0.39, 0.29) is 5.54 Å². The van der Waals surface area contributed by atoms with Crippen LogP contribution in [0.5, 0.6) is 0 Å². The highest BCUT2D eigenvalue weighted by molar-refractivity contribution is 5.89. The fourth-order valence-corrected chi connectivity index (χ4v) is 2.36. The zero-order valence-corrected chi connectivity index (χ0v) is 7.52. The maximum atomic E-state index is 11.6. The molecular formula is C9H16N2O. The average Bonchev–Trinajstić information content (AvgIpc) is 2.42. The first-order valence-corrected chi connectivity index (χ1v) is 4.78. The van der Waals surface area contributed by atoms with Crippen LogP contribution in [0.4, 0.5) is 0 Å². The summed E-state index contributed by atoms with van der Waals surface area (Å²) in [5.41, 5.74) is -0.197. The van der Waals surface area contributed by atoms with Crippen LogP contribution in [0, 0.1) is 0 Å². The van der Waals surface area contributed by atoms with Gasteiger partial charge >= 0.3 is 0 Å². The number of nitrogens with one attached hydrogen (secondary N) is 2. The van der Waals surface area contributed by atoms with Gasteiger partial charge in [0.25, 0.3) is 0 Å². The minimum Gasteiger partial charge on any atom is -0.313 e. The Kier molecular flexibility index (Phi) is 1.93. The number of fused-ring (bicyclic) bond motifs is 2. The van der Waals surface area contributed by atoms with Gasteiger partial charge in [-0.2, -0.15) is 0 Å². The van der Waals surface area contributed by atoms with E-state index in [4.69, 9.17) is 0 Å². The molecule has 0 radical (unpaired) electrons. The zero-order valence-electron chi connectivity index (χ0n) is 7.52. The van der Waals surface area contributed by atoms with Crippen LogP contribution in [-0.2, 0) is 4.79 Å². The molecule has 0 aromatic carbocycles. The second-order valence-electron chi connectivity index (χ2n) is 3.87. The van der Waals surface area contributed by atoms with Gasteiger partial charge in [0.1, 0.15) is 0 Å². The van der Waals surface area contributed by atoms with E-state index in [2.05, 4.69) is 10.6 Å². The maximum absolute atomic E-state index is 11.6. The molecule has 2 bridgehead atoms. The van der Waals surface area contributed by atoms with Gasteiger partial charge in [0.15, 0.2) is 5.78 Å². The molecule has 2 aliphatic heterocycles. The highest BCUT2D eigenvalue weighted by Crippen LogP contribution is 2.27. The Morgan fingerprint density at radius 2 is 2.50 bits per heavy atom. The van der Waals surface area contributed by atoms with E-state index in [1.165, 1.54) is 0 Å². The molecule has 2 rings (SSSR count). The van der Waals surface area contributed by atoms with E-state index in [1.807, 2.05) is 6.92 Å². The van der Waals surface area contributed by atoms with Crippen molar-refractivity contribution in [3.8, 4) is 0 Å². The van der Waals surface area contributed by atoms with E-state index in [0.29, 0.717) is 18.2 Å². The number of Topliss-reactive ketones (excluding diaryl/α,β-unsaturated/α-hetero) is 1. The van der Waals surface area contributed by atoms with Crippen LogP contribution in [0.2, 0.25) is 0 Å². The highest BCUT2D eigenvalue weighted by atomic mass is 16.1. The summed E-state index contributed by atoms with van der Waals surface area (Å²) >= 11 is 0. The molecule has 2 unspecified atom stereocenters. The number of rotatable bonds is 2. The summed E-state index contributed by atoms with van der Waals surface area (Å²) in [4.78, 5) is 11.6. The number of piperazine rings is 1. The first kappa shape index (κ1) is 8.20. The van der Waals surface area contributed by atoms with Crippen LogP contribution in [-0.4, -0.2) is 30.5 Å². The van der Waals surface area contributed by atoms with Gasteiger partial charge in [0.05, 0.1) is 5.54 Å². The van der Waals surface area contributed by atoms with E-state index in [1.54, 1.807) is 0 Å². The largest absolute Gasteiger partial charge is 0.313 e. The van der Waals surface area contributed by atoms with Crippen molar-refractivity contribution in [3.05, 3.63) is 0 Å². The number of carbonyl (C=O) groups is 1. The second-order valence-corrected chi connectivity index (χ2v) is 3.87. The zero-order chi connectivity index (χ0) is 8.60. The summed E-state index contributed by atoms with van der Waals surface area (Å²) in [5.74, 6) is 0.372. The molecule has 2 fully saturated rings. The maximum Gasteiger partial charge on any atom is 0.153 e. The standard InChI is InChI=1S/C9H16N2O/c1-2-8(12)9-4-3-7(11-9)5-10-6-9/h7,10-11H,2-6H2,1H3. The lowest BCUT2D eigenvalue weighted by molar-refractivity contribution is -0.125. The summed E-state index contributed by atoms with van der Waals surface area (Å²) in [5, 5.41) is 6.76. The molecule has 12 heavy (non-hydrogen) atoms. The highest BCUT2D eigenvalue weighted by Gasteiger charge is 2.45. The third kappa shape index (κ3) is 1.08. The average molecular weight is 168 g/mol. The number of hydrogen-bond donors (Lipinski definition) is 2. The van der Waals surface area contributed by atoms with E-state index >= 15 is 0 Å². The van der Waals surface area contributed by atoms with Crippen LogP contribution in [0.15, 0.2) is 0 Å². The first-order chi connectivity index (χ1) is 5.77. The summed E-state index contributed by atoms with van der Waals surface area (Å²) in [6.45, 7) is 3.80. The number of ketones is 1. The molecular weight excluding hydrogens is 152 g/mol. The minimum atomic E-state index is -0.197. The van der Waals surface area contributed by atoms with Gasteiger partial charge in [0, 0.05) is 25.6 Å². The lowest BCUT2D eigenvalue weighted by Crippen LogP contribution is -2.62. The third-order valence-corrected chi connectivity index (χ3v) is 3.07. The molecule has 3 nitrogen and oxygen atoms in total. The van der Waals surface area contributed by atoms with Crippen molar-refractivity contribution in [1.82, 2.24) is 10.6 Å². The van der Waals surface area contributed by atoms with Crippen molar-refractivity contribution in [2.45, 2.75) is 37.8 Å². The van der Waals surface area contributed by atoms with Gasteiger partial charge in [-0.3, -0.25) is 10.1 Å². The van der Waals surface area contributed by atoms with E-state index in [9.17, 15) is 4.79 Å². The van der Waals surface area contributed by atoms with Gasteiger partial charge in [0.2, 0.25) is 0 Å². The van der Waals surface area contributed by atoms with Gasteiger partial charge in [-0.05, 0) is 12.8 Å². The Bertz CT molecular complexity index is 201. The summed E-state index contributed by atoms with van der Waals surface area (Å²) in [6.07, 6.45) is 2.83. The van der Waals surface area contributed by atoms with Crippen LogP contribution < -0.4 is 10.6 Å². The molecule has 2 heterocycles. The monoisotopic (exact) mass is 168 g/mol. The SMILES string of the molecule is CCC(=O)C12CCC(CNC1)N2. The fourth-order valence-electron chi connectivity index (χ4n) is 2.36. The van der Waals surface area contributed by atoms with E-state index < -0.39 is 0 Å². The predicted octanol–water partition coefficient (Wildman–Crippen LogP) is 0.0595. The van der Waals surface area contributed by atoms with Crippen LogP contribution in [0.1, 0.15) is 26.2 Å². The lowest BCUT2D eigenvalue weighted by Gasteiger charge is -2.33. The van der Waals surface area contributed by atoms with Crippen LogP contribution >= 0.6 is 0 Å². The van der Waals surface area contributed by atoms with Gasteiger partial charge < -0.3 is 5.32 Å². The summed E-state index contributed by atoms with van der Waals surface area (Å²) in [7, 11) is 0. The second kappa shape index (κ2) is 2.82. The molecule has 0 aliphatic carbocycles. The Morgan fingerprint density at radius 1 is 1.67 bits per heavy atom. The molecule has 0 amide bonds. The first-order valence-electron chi connectivity index (χ1n) is 4.78. The van der Waals surface area contributed by atoms with Gasteiger partial charge in [-0.15, -0.1) is 0 Å². The quantitative estimate of drug-likeness (QED) is 0.612. The molecule has 2 N–H and O–H groups in total. The molecule has 3 heteroatoms. The topological polar surface area (TPSA) is 41.1 Å². The smallest absolute Gasteiger partial charge is 0.153 e. The van der Waals surface area contributed by atoms with E-state index in [0.717, 1.165) is 25.9 Å². The third-order valence-electron chi connectivity index (χ3n) is 3.07. The van der Waals surface area contributed by atoms with Crippen LogP contribution in [0.25, 0.3) is 0 Å². The van der Waals surface area contributed by atoms with Crippen molar-refractivity contribution >= 4 is 5.78 Å². The molecule has 2 aliphatic rings. The fraction of sp³-hybridized carbons (Fsp3) is 0.889. The number of carbonyl (C=O) groups excluding carboxylic acids is 1. The van der Waals surface area contributed by atoms with Gasteiger partial charge in [-0.25, -0.2) is 0 Å². The van der Waals surface area contributed by atoms with Crippen molar-refractivity contribution in [3.63, 3.8) is 0 Å². The normalized spacial score (nSPS) is 39.9. The molecule has 0 saturated carbocycles. The van der Waals surface area contributed by atoms with Crippen LogP contribution in [0.3, 0.4) is 0 Å². The Morgan fingerprint density at radius 3 is 3.25 bits per heavy atom. The lowest BCUT2D eigenvalue weighted by atomic mass is 9.90. The number of hydrogen-bond acceptors (Lipinski definition) is 3. The molecule has 0 aromatic heterocycles. The molecule has 0 aromatic rings. The van der Waals surface area contributed by atoms with Crippen molar-refractivity contribution < 1.29 is 4.79 Å². The summed E-state index contributed by atoms with van der Waals surface area (Å²) < 4.78 is 0. The van der Waals surface area contributed by atoms with Gasteiger partial charge in [-0.1, -0.05) is 6.92 Å². The predicted molar refractivity (Wildman–Crippen MR) is 47.1 cm³/mol. The Hall–Kier alpha value is -0.410. The van der Waals surface area contributed by atoms with Crippen molar-refractivity contribution in [2.75, 3.05) is 13.1 Å². The Balaban J connectivity index is 2.15. The molecule has 2 atom stereocenters.